The van der Waals surface area contributed by atoms with Crippen molar-refractivity contribution in [2.75, 3.05) is 0 Å². The van der Waals surface area contributed by atoms with E-state index in [2.05, 4.69) is 22.9 Å². The molecule has 168 valence electrons. The van der Waals surface area contributed by atoms with Crippen LogP contribution in [-0.2, 0) is 19.6 Å². The average Bonchev–Trinajstić information content (AvgIpc) is 2.84. The van der Waals surface area contributed by atoms with Gasteiger partial charge >= 0.3 is 0 Å². The van der Waals surface area contributed by atoms with E-state index < -0.39 is 0 Å². The van der Waals surface area contributed by atoms with Crippen molar-refractivity contribution in [1.82, 2.24) is 0 Å². The third-order valence-corrected chi connectivity index (χ3v) is 6.22. The van der Waals surface area contributed by atoms with Crippen molar-refractivity contribution in [3.8, 4) is 22.6 Å². The summed E-state index contributed by atoms with van der Waals surface area (Å²) in [6.07, 6.45) is 0.781. The quantitative estimate of drug-likeness (QED) is 0.240. The van der Waals surface area contributed by atoms with Gasteiger partial charge in [-0.15, -0.1) is 0 Å². The van der Waals surface area contributed by atoms with E-state index in [0.717, 1.165) is 44.5 Å². The zero-order valence-corrected chi connectivity index (χ0v) is 20.4. The highest BCUT2D eigenvalue weighted by Crippen LogP contribution is 2.38. The number of aryl methyl sites for hydroxylation is 2. The summed E-state index contributed by atoms with van der Waals surface area (Å²) in [5.74, 6) is 1.04. The normalized spacial score (nSPS) is 10.8. The minimum absolute atomic E-state index is 0.315. The summed E-state index contributed by atoms with van der Waals surface area (Å²) in [6.45, 7) is 4.90. The SMILES string of the molecule is CCc1cc(-c2cc(C)c(OCc3ccccc3)cc2F)c(Br)cc1OCc1ccccc1. The van der Waals surface area contributed by atoms with Gasteiger partial charge in [-0.25, -0.2) is 4.39 Å². The number of halogens is 2. The van der Waals surface area contributed by atoms with Crippen molar-refractivity contribution >= 4 is 15.9 Å². The van der Waals surface area contributed by atoms with Crippen molar-refractivity contribution in [3.63, 3.8) is 0 Å². The van der Waals surface area contributed by atoms with Gasteiger partial charge in [0.2, 0.25) is 0 Å². The maximum atomic E-state index is 15.2. The smallest absolute Gasteiger partial charge is 0.134 e. The third-order valence-electron chi connectivity index (χ3n) is 5.56. The van der Waals surface area contributed by atoms with Crippen LogP contribution in [0.2, 0.25) is 0 Å². The first-order valence-electron chi connectivity index (χ1n) is 11.0. The summed E-state index contributed by atoms with van der Waals surface area (Å²) in [7, 11) is 0. The van der Waals surface area contributed by atoms with Gasteiger partial charge in [0.25, 0.3) is 0 Å². The maximum Gasteiger partial charge on any atom is 0.134 e. The zero-order valence-electron chi connectivity index (χ0n) is 18.8. The van der Waals surface area contributed by atoms with Gasteiger partial charge in [0.15, 0.2) is 0 Å². The predicted octanol–water partition coefficient (Wildman–Crippen LogP) is 8.28. The van der Waals surface area contributed by atoms with Crippen molar-refractivity contribution in [1.29, 1.82) is 0 Å². The molecule has 0 saturated carbocycles. The second kappa shape index (κ2) is 10.7. The van der Waals surface area contributed by atoms with Crippen LogP contribution in [0.25, 0.3) is 11.1 Å². The molecule has 2 nitrogen and oxygen atoms in total. The van der Waals surface area contributed by atoms with Crippen LogP contribution in [0.15, 0.2) is 89.4 Å². The molecule has 0 aliphatic carbocycles. The number of hydrogen-bond donors (Lipinski definition) is 0. The lowest BCUT2D eigenvalue weighted by atomic mass is 9.98. The highest BCUT2D eigenvalue weighted by atomic mass is 79.9. The van der Waals surface area contributed by atoms with Crippen molar-refractivity contribution in [3.05, 3.63) is 117 Å². The fourth-order valence-electron chi connectivity index (χ4n) is 3.71. The molecule has 0 spiro atoms. The molecular formula is C29H26BrFO2. The van der Waals surface area contributed by atoms with Crippen molar-refractivity contribution in [2.24, 2.45) is 0 Å². The number of hydrogen-bond acceptors (Lipinski definition) is 2. The highest BCUT2D eigenvalue weighted by molar-refractivity contribution is 9.10. The Morgan fingerprint density at radius 3 is 1.88 bits per heavy atom. The first-order chi connectivity index (χ1) is 16.0. The summed E-state index contributed by atoms with van der Waals surface area (Å²) in [5, 5.41) is 0. The Balaban J connectivity index is 1.58. The monoisotopic (exact) mass is 504 g/mol. The molecule has 4 aromatic rings. The molecule has 0 N–H and O–H groups in total. The van der Waals surface area contributed by atoms with Crippen LogP contribution >= 0.6 is 15.9 Å². The minimum atomic E-state index is -0.315. The van der Waals surface area contributed by atoms with Crippen LogP contribution < -0.4 is 9.47 Å². The van der Waals surface area contributed by atoms with Gasteiger partial charge in [0.05, 0.1) is 0 Å². The molecule has 0 saturated heterocycles. The molecule has 0 unspecified atom stereocenters. The molecular weight excluding hydrogens is 479 g/mol. The highest BCUT2D eigenvalue weighted by Gasteiger charge is 2.16. The molecule has 0 amide bonds. The van der Waals surface area contributed by atoms with Crippen LogP contribution in [0.5, 0.6) is 11.5 Å². The first kappa shape index (κ1) is 23.1. The maximum absolute atomic E-state index is 15.2. The van der Waals surface area contributed by atoms with E-state index >= 15 is 4.39 Å². The summed E-state index contributed by atoms with van der Waals surface area (Å²) in [4.78, 5) is 0. The molecule has 0 bridgehead atoms. The molecule has 0 fully saturated rings. The Kier molecular flexibility index (Phi) is 7.46. The lowest BCUT2D eigenvalue weighted by Crippen LogP contribution is -2.01. The molecule has 4 heteroatoms. The summed E-state index contributed by atoms with van der Waals surface area (Å²) >= 11 is 3.63. The molecule has 4 rings (SSSR count). The standard InChI is InChI=1S/C29H26BrFO2/c1-3-23-15-24(26(30)16-29(23)33-19-22-12-8-5-9-13-22)25-14-20(2)28(17-27(25)31)32-18-21-10-6-4-7-11-21/h4-17H,3,18-19H2,1-2H3. The molecule has 0 heterocycles. The van der Waals surface area contributed by atoms with Crippen LogP contribution in [0, 0.1) is 12.7 Å². The van der Waals surface area contributed by atoms with E-state index in [-0.39, 0.29) is 5.82 Å². The van der Waals surface area contributed by atoms with E-state index in [1.807, 2.05) is 85.8 Å². The Morgan fingerprint density at radius 2 is 1.30 bits per heavy atom. The second-order valence-corrected chi connectivity index (χ2v) is 8.79. The molecule has 0 radical (unpaired) electrons. The van der Waals surface area contributed by atoms with Gasteiger partial charge in [0, 0.05) is 16.1 Å². The third kappa shape index (κ3) is 5.63. The molecule has 33 heavy (non-hydrogen) atoms. The van der Waals surface area contributed by atoms with E-state index in [9.17, 15) is 0 Å². The Hall–Kier alpha value is -3.11. The zero-order chi connectivity index (χ0) is 23.2. The largest absolute Gasteiger partial charge is 0.489 e. The Bertz CT molecular complexity index is 1220. The van der Waals surface area contributed by atoms with E-state index in [4.69, 9.17) is 9.47 Å². The second-order valence-electron chi connectivity index (χ2n) is 7.94. The van der Waals surface area contributed by atoms with Crippen LogP contribution in [0.4, 0.5) is 4.39 Å². The first-order valence-corrected chi connectivity index (χ1v) is 11.8. The van der Waals surface area contributed by atoms with E-state index in [1.165, 1.54) is 6.07 Å². The van der Waals surface area contributed by atoms with Crippen molar-refractivity contribution < 1.29 is 13.9 Å². The fourth-order valence-corrected chi connectivity index (χ4v) is 4.25. The van der Waals surface area contributed by atoms with Crippen molar-refractivity contribution in [2.45, 2.75) is 33.5 Å². The number of ether oxygens (including phenoxy) is 2. The van der Waals surface area contributed by atoms with Gasteiger partial charge in [0.1, 0.15) is 30.5 Å². The van der Waals surface area contributed by atoms with E-state index in [0.29, 0.717) is 24.5 Å². The van der Waals surface area contributed by atoms with Gasteiger partial charge < -0.3 is 9.47 Å². The summed E-state index contributed by atoms with van der Waals surface area (Å²) < 4.78 is 28.0. The van der Waals surface area contributed by atoms with Crippen LogP contribution in [-0.4, -0.2) is 0 Å². The molecule has 0 aliphatic rings. The van der Waals surface area contributed by atoms with E-state index in [1.54, 1.807) is 0 Å². The van der Waals surface area contributed by atoms with Gasteiger partial charge in [-0.05, 0) is 59.4 Å². The lowest BCUT2D eigenvalue weighted by Gasteiger charge is -2.16. The van der Waals surface area contributed by atoms with Crippen LogP contribution in [0.3, 0.4) is 0 Å². The lowest BCUT2D eigenvalue weighted by molar-refractivity contribution is 0.302. The number of rotatable bonds is 8. The summed E-state index contributed by atoms with van der Waals surface area (Å²) in [5.41, 5.74) is 5.41. The number of benzene rings is 4. The topological polar surface area (TPSA) is 18.5 Å². The average molecular weight is 505 g/mol. The molecule has 0 aromatic heterocycles. The molecule has 0 aliphatic heterocycles. The van der Waals surface area contributed by atoms with Gasteiger partial charge in [-0.1, -0.05) is 83.5 Å². The van der Waals surface area contributed by atoms with Gasteiger partial charge in [-0.3, -0.25) is 0 Å². The predicted molar refractivity (Wildman–Crippen MR) is 135 cm³/mol. The Morgan fingerprint density at radius 1 is 0.727 bits per heavy atom. The Labute approximate surface area is 203 Å². The van der Waals surface area contributed by atoms with Crippen LogP contribution in [0.1, 0.15) is 29.2 Å². The summed E-state index contributed by atoms with van der Waals surface area (Å²) in [6, 6.07) is 27.2. The fraction of sp³-hybridized carbons (Fsp3) is 0.172. The molecule has 4 aromatic carbocycles. The minimum Gasteiger partial charge on any atom is -0.489 e. The molecule has 0 atom stereocenters. The van der Waals surface area contributed by atoms with Gasteiger partial charge in [-0.2, -0.15) is 0 Å².